The van der Waals surface area contributed by atoms with E-state index in [-0.39, 0.29) is 5.97 Å². The first-order valence-corrected chi connectivity index (χ1v) is 6.36. The lowest BCUT2D eigenvalue weighted by Gasteiger charge is -2.02. The van der Waals surface area contributed by atoms with Gasteiger partial charge in [-0.05, 0) is 43.7 Å². The average Bonchev–Trinajstić information content (AvgIpc) is 2.76. The van der Waals surface area contributed by atoms with E-state index in [9.17, 15) is 4.79 Å². The molecule has 0 atom stereocenters. The highest BCUT2D eigenvalue weighted by atomic mass is 32.1. The van der Waals surface area contributed by atoms with Crippen LogP contribution in [0.25, 0.3) is 10.4 Å². The first-order chi connectivity index (χ1) is 8.20. The Balaban J connectivity index is 2.21. The number of ether oxygens (including phenoxy) is 1. The van der Waals surface area contributed by atoms with Crippen molar-refractivity contribution in [2.24, 2.45) is 0 Å². The van der Waals surface area contributed by atoms with Gasteiger partial charge < -0.3 is 4.74 Å². The predicted octanol–water partition coefficient (Wildman–Crippen LogP) is 3.90. The zero-order chi connectivity index (χ0) is 12.3. The van der Waals surface area contributed by atoms with Gasteiger partial charge in [0.25, 0.3) is 0 Å². The Bertz CT molecular complexity index is 511. The molecule has 0 saturated heterocycles. The molecule has 2 nitrogen and oxygen atoms in total. The number of benzene rings is 1. The van der Waals surface area contributed by atoms with E-state index in [0.717, 1.165) is 5.56 Å². The molecule has 0 unspecified atom stereocenters. The standard InChI is InChI=1S/C14H14O2S/c1-3-16-14(15)12-7-5-11(6-8-12)13-9-4-10(2)17-13/h4-9H,3H2,1-2H3. The Morgan fingerprint density at radius 1 is 1.18 bits per heavy atom. The maximum atomic E-state index is 11.5. The molecule has 0 aliphatic carbocycles. The summed E-state index contributed by atoms with van der Waals surface area (Å²) in [6, 6.07) is 11.7. The molecule has 0 bridgehead atoms. The number of hydrogen-bond donors (Lipinski definition) is 0. The largest absolute Gasteiger partial charge is 0.462 e. The van der Waals surface area contributed by atoms with Gasteiger partial charge in [-0.3, -0.25) is 0 Å². The highest BCUT2D eigenvalue weighted by Crippen LogP contribution is 2.27. The normalized spacial score (nSPS) is 10.2. The lowest BCUT2D eigenvalue weighted by Crippen LogP contribution is -2.03. The third-order valence-corrected chi connectivity index (χ3v) is 3.47. The van der Waals surface area contributed by atoms with Gasteiger partial charge in [0.2, 0.25) is 0 Å². The van der Waals surface area contributed by atoms with Crippen LogP contribution >= 0.6 is 11.3 Å². The molecule has 0 radical (unpaired) electrons. The topological polar surface area (TPSA) is 26.3 Å². The van der Waals surface area contributed by atoms with Crippen LogP contribution in [-0.4, -0.2) is 12.6 Å². The monoisotopic (exact) mass is 246 g/mol. The molecule has 0 fully saturated rings. The molecule has 0 amide bonds. The van der Waals surface area contributed by atoms with Gasteiger partial charge in [-0.1, -0.05) is 12.1 Å². The summed E-state index contributed by atoms with van der Waals surface area (Å²) >= 11 is 1.75. The Kier molecular flexibility index (Phi) is 3.59. The van der Waals surface area contributed by atoms with Crippen LogP contribution in [0.15, 0.2) is 36.4 Å². The van der Waals surface area contributed by atoms with Crippen molar-refractivity contribution >= 4 is 17.3 Å². The number of esters is 1. The van der Waals surface area contributed by atoms with Crippen LogP contribution in [0, 0.1) is 6.92 Å². The van der Waals surface area contributed by atoms with E-state index >= 15 is 0 Å². The fourth-order valence-corrected chi connectivity index (χ4v) is 2.45. The van der Waals surface area contributed by atoms with Gasteiger partial charge in [-0.25, -0.2) is 4.79 Å². The first-order valence-electron chi connectivity index (χ1n) is 5.54. The van der Waals surface area contributed by atoms with Crippen molar-refractivity contribution < 1.29 is 9.53 Å². The van der Waals surface area contributed by atoms with Crippen molar-refractivity contribution in [3.8, 4) is 10.4 Å². The quantitative estimate of drug-likeness (QED) is 0.768. The van der Waals surface area contributed by atoms with E-state index in [1.54, 1.807) is 18.3 Å². The summed E-state index contributed by atoms with van der Waals surface area (Å²) in [7, 11) is 0. The van der Waals surface area contributed by atoms with Crippen LogP contribution in [0.4, 0.5) is 0 Å². The van der Waals surface area contributed by atoms with Crippen LogP contribution in [-0.2, 0) is 4.74 Å². The van der Waals surface area contributed by atoms with Gasteiger partial charge in [0.1, 0.15) is 0 Å². The van der Waals surface area contributed by atoms with Crippen LogP contribution in [0.2, 0.25) is 0 Å². The summed E-state index contributed by atoms with van der Waals surface area (Å²) in [4.78, 5) is 14.0. The molecule has 0 N–H and O–H groups in total. The summed E-state index contributed by atoms with van der Waals surface area (Å²) in [5, 5.41) is 0. The summed E-state index contributed by atoms with van der Waals surface area (Å²) in [6.45, 7) is 4.30. The highest BCUT2D eigenvalue weighted by Gasteiger charge is 2.06. The van der Waals surface area contributed by atoms with E-state index in [0.29, 0.717) is 12.2 Å². The molecule has 88 valence electrons. The van der Waals surface area contributed by atoms with E-state index in [2.05, 4.69) is 19.1 Å². The molecule has 0 saturated carbocycles. The average molecular weight is 246 g/mol. The van der Waals surface area contributed by atoms with E-state index in [4.69, 9.17) is 4.74 Å². The molecule has 17 heavy (non-hydrogen) atoms. The van der Waals surface area contributed by atoms with Gasteiger partial charge in [-0.2, -0.15) is 0 Å². The SMILES string of the molecule is CCOC(=O)c1ccc(-c2ccc(C)s2)cc1. The van der Waals surface area contributed by atoms with Gasteiger partial charge in [-0.15, -0.1) is 11.3 Å². The zero-order valence-corrected chi connectivity index (χ0v) is 10.7. The third-order valence-electron chi connectivity index (χ3n) is 2.42. The van der Waals surface area contributed by atoms with Crippen molar-refractivity contribution in [1.29, 1.82) is 0 Å². The number of hydrogen-bond acceptors (Lipinski definition) is 3. The van der Waals surface area contributed by atoms with Gasteiger partial charge in [0.05, 0.1) is 12.2 Å². The summed E-state index contributed by atoms with van der Waals surface area (Å²) < 4.78 is 4.94. The molecule has 3 heteroatoms. The van der Waals surface area contributed by atoms with Crippen LogP contribution < -0.4 is 0 Å². The molecule has 1 aromatic carbocycles. The molecular formula is C14H14O2S. The zero-order valence-electron chi connectivity index (χ0n) is 9.90. The number of aryl methyl sites for hydroxylation is 1. The van der Waals surface area contributed by atoms with E-state index in [1.807, 2.05) is 24.3 Å². The molecule has 1 heterocycles. The number of carbonyl (C=O) groups is 1. The second kappa shape index (κ2) is 5.15. The Morgan fingerprint density at radius 2 is 1.88 bits per heavy atom. The van der Waals surface area contributed by atoms with Crippen LogP contribution in [0.5, 0.6) is 0 Å². The smallest absolute Gasteiger partial charge is 0.338 e. The molecule has 0 aliphatic rings. The molecule has 0 spiro atoms. The van der Waals surface area contributed by atoms with Crippen LogP contribution in [0.1, 0.15) is 22.2 Å². The van der Waals surface area contributed by atoms with E-state index in [1.165, 1.54) is 9.75 Å². The third kappa shape index (κ3) is 2.74. The second-order valence-corrected chi connectivity index (χ2v) is 5.00. The Hall–Kier alpha value is -1.61. The second-order valence-electron chi connectivity index (χ2n) is 3.71. The minimum atomic E-state index is -0.263. The van der Waals surface area contributed by atoms with Crippen molar-refractivity contribution in [2.75, 3.05) is 6.61 Å². The number of thiophene rings is 1. The lowest BCUT2D eigenvalue weighted by atomic mass is 10.1. The fourth-order valence-electron chi connectivity index (χ4n) is 1.57. The van der Waals surface area contributed by atoms with Crippen molar-refractivity contribution in [3.63, 3.8) is 0 Å². The summed E-state index contributed by atoms with van der Waals surface area (Å²) in [5.41, 5.74) is 1.74. The maximum Gasteiger partial charge on any atom is 0.338 e. The van der Waals surface area contributed by atoms with Gasteiger partial charge >= 0.3 is 5.97 Å². The molecular weight excluding hydrogens is 232 g/mol. The van der Waals surface area contributed by atoms with E-state index < -0.39 is 0 Å². The minimum absolute atomic E-state index is 0.263. The van der Waals surface area contributed by atoms with Crippen LogP contribution in [0.3, 0.4) is 0 Å². The lowest BCUT2D eigenvalue weighted by molar-refractivity contribution is 0.0526. The Labute approximate surface area is 105 Å². The number of rotatable bonds is 3. The summed E-state index contributed by atoms with van der Waals surface area (Å²) in [6.07, 6.45) is 0. The maximum absolute atomic E-state index is 11.5. The van der Waals surface area contributed by atoms with Gasteiger partial charge in [0, 0.05) is 9.75 Å². The van der Waals surface area contributed by atoms with Crippen molar-refractivity contribution in [2.45, 2.75) is 13.8 Å². The fraction of sp³-hybridized carbons (Fsp3) is 0.214. The Morgan fingerprint density at radius 3 is 2.41 bits per heavy atom. The number of carbonyl (C=O) groups excluding carboxylic acids is 1. The molecule has 0 aliphatic heterocycles. The molecule has 2 rings (SSSR count). The predicted molar refractivity (Wildman–Crippen MR) is 70.4 cm³/mol. The first kappa shape index (κ1) is 11.9. The molecule has 1 aromatic heterocycles. The molecule has 2 aromatic rings. The minimum Gasteiger partial charge on any atom is -0.462 e. The van der Waals surface area contributed by atoms with Crippen molar-refractivity contribution in [3.05, 3.63) is 46.8 Å². The summed E-state index contributed by atoms with van der Waals surface area (Å²) in [5.74, 6) is -0.263. The van der Waals surface area contributed by atoms with Gasteiger partial charge in [0.15, 0.2) is 0 Å². The van der Waals surface area contributed by atoms with Crippen molar-refractivity contribution in [1.82, 2.24) is 0 Å². The highest BCUT2D eigenvalue weighted by molar-refractivity contribution is 7.15.